The summed E-state index contributed by atoms with van der Waals surface area (Å²) in [7, 11) is 0. The molecule has 1 unspecified atom stereocenters. The highest BCUT2D eigenvalue weighted by molar-refractivity contribution is 7.99. The van der Waals surface area contributed by atoms with Crippen molar-refractivity contribution in [1.82, 2.24) is 5.32 Å². The molecule has 1 aromatic carbocycles. The first-order chi connectivity index (χ1) is 8.74. The lowest BCUT2D eigenvalue weighted by molar-refractivity contribution is -0.535. The van der Waals surface area contributed by atoms with Crippen LogP contribution in [0.4, 0.5) is 0 Å². The molecule has 3 nitrogen and oxygen atoms in total. The fourth-order valence-corrected chi connectivity index (χ4v) is 3.01. The second-order valence-corrected chi connectivity index (χ2v) is 5.64. The Balaban J connectivity index is 2.04. The predicted molar refractivity (Wildman–Crippen MR) is 76.3 cm³/mol. The minimum absolute atomic E-state index is 0.0402. The Morgan fingerprint density at radius 3 is 2.94 bits per heavy atom. The van der Waals surface area contributed by atoms with E-state index >= 15 is 0 Å². The van der Waals surface area contributed by atoms with Gasteiger partial charge in [-0.3, -0.25) is 4.79 Å². The van der Waals surface area contributed by atoms with Crippen LogP contribution in [0.5, 0.6) is 0 Å². The molecular weight excluding hydrogens is 244 g/mol. The van der Waals surface area contributed by atoms with Crippen molar-refractivity contribution in [1.29, 1.82) is 0 Å². The van der Waals surface area contributed by atoms with Crippen LogP contribution in [0.1, 0.15) is 12.5 Å². The number of thioether (sulfide) groups is 1. The van der Waals surface area contributed by atoms with Gasteiger partial charge in [-0.15, -0.1) is 0 Å². The molecule has 1 heterocycles. The summed E-state index contributed by atoms with van der Waals surface area (Å²) in [6.45, 7) is 3.53. The monoisotopic (exact) mass is 263 g/mol. The van der Waals surface area contributed by atoms with Crippen molar-refractivity contribution in [2.75, 3.05) is 18.1 Å². The quantitative estimate of drug-likeness (QED) is 0.839. The van der Waals surface area contributed by atoms with E-state index in [0.717, 1.165) is 24.6 Å². The third-order valence-corrected chi connectivity index (χ3v) is 3.89. The van der Waals surface area contributed by atoms with E-state index < -0.39 is 0 Å². The van der Waals surface area contributed by atoms with Crippen LogP contribution in [0.15, 0.2) is 30.3 Å². The highest BCUT2D eigenvalue weighted by Crippen LogP contribution is 2.08. The number of amides is 1. The van der Waals surface area contributed by atoms with E-state index in [1.54, 1.807) is 6.92 Å². The minimum atomic E-state index is 0.0402. The molecule has 96 valence electrons. The zero-order chi connectivity index (χ0) is 12.8. The Bertz CT molecular complexity index is 431. The smallest absolute Gasteiger partial charge is 0.217 e. The van der Waals surface area contributed by atoms with E-state index in [4.69, 9.17) is 0 Å². The van der Waals surface area contributed by atoms with Gasteiger partial charge in [0.15, 0.2) is 19.3 Å². The lowest BCUT2D eigenvalue weighted by atomic mass is 10.2. The van der Waals surface area contributed by atoms with Crippen LogP contribution in [-0.2, 0) is 11.3 Å². The van der Waals surface area contributed by atoms with Crippen molar-refractivity contribution in [3.05, 3.63) is 35.9 Å². The number of hydrogen-bond donors (Lipinski definition) is 1. The highest BCUT2D eigenvalue weighted by Gasteiger charge is 2.18. The van der Waals surface area contributed by atoms with Gasteiger partial charge in [-0.25, -0.2) is 4.58 Å². The summed E-state index contributed by atoms with van der Waals surface area (Å²) in [5.41, 5.74) is 1.31. The SMILES string of the molecule is CC(=O)NC1C=[N+](Cc2ccccc2)CCSC1. The third kappa shape index (κ3) is 4.18. The minimum Gasteiger partial charge on any atom is -0.343 e. The Hall–Kier alpha value is -1.29. The van der Waals surface area contributed by atoms with Crippen LogP contribution in [-0.4, -0.2) is 40.8 Å². The van der Waals surface area contributed by atoms with Gasteiger partial charge in [0.1, 0.15) is 6.04 Å². The number of rotatable bonds is 3. The number of carbonyl (C=O) groups excluding carboxylic acids is 1. The van der Waals surface area contributed by atoms with E-state index in [1.807, 2.05) is 17.8 Å². The zero-order valence-corrected chi connectivity index (χ0v) is 11.5. The van der Waals surface area contributed by atoms with Crippen molar-refractivity contribution in [2.24, 2.45) is 0 Å². The fourth-order valence-electron chi connectivity index (χ4n) is 2.05. The molecule has 0 saturated heterocycles. The molecule has 4 heteroatoms. The molecule has 1 aromatic rings. The molecule has 1 aliphatic heterocycles. The van der Waals surface area contributed by atoms with E-state index in [2.05, 4.69) is 40.4 Å². The second kappa shape index (κ2) is 6.59. The second-order valence-electron chi connectivity index (χ2n) is 4.49. The van der Waals surface area contributed by atoms with Crippen molar-refractivity contribution >= 4 is 23.9 Å². The van der Waals surface area contributed by atoms with Crippen LogP contribution < -0.4 is 5.32 Å². The summed E-state index contributed by atoms with van der Waals surface area (Å²) in [6, 6.07) is 10.6. The molecule has 0 aromatic heterocycles. The summed E-state index contributed by atoms with van der Waals surface area (Å²) in [5, 5.41) is 2.98. The van der Waals surface area contributed by atoms with Gasteiger partial charge in [0.05, 0.1) is 5.75 Å². The van der Waals surface area contributed by atoms with Gasteiger partial charge in [-0.05, 0) is 0 Å². The Kier molecular flexibility index (Phi) is 4.81. The van der Waals surface area contributed by atoms with Gasteiger partial charge in [-0.1, -0.05) is 30.3 Å². The average molecular weight is 263 g/mol. The molecule has 18 heavy (non-hydrogen) atoms. The van der Waals surface area contributed by atoms with E-state index in [1.165, 1.54) is 5.56 Å². The molecule has 0 bridgehead atoms. The molecule has 0 aliphatic carbocycles. The van der Waals surface area contributed by atoms with Crippen molar-refractivity contribution in [2.45, 2.75) is 19.5 Å². The third-order valence-electron chi connectivity index (χ3n) is 2.83. The maximum Gasteiger partial charge on any atom is 0.217 e. The van der Waals surface area contributed by atoms with Gasteiger partial charge < -0.3 is 5.32 Å². The first kappa shape index (κ1) is 13.1. The molecule has 1 N–H and O–H groups in total. The largest absolute Gasteiger partial charge is 0.343 e. The zero-order valence-electron chi connectivity index (χ0n) is 10.6. The summed E-state index contributed by atoms with van der Waals surface area (Å²) in [5.74, 6) is 2.11. The lowest BCUT2D eigenvalue weighted by Gasteiger charge is -2.08. The first-order valence-electron chi connectivity index (χ1n) is 6.22. The average Bonchev–Trinajstić information content (AvgIpc) is 2.55. The maximum absolute atomic E-state index is 11.1. The normalized spacial score (nSPS) is 19.8. The molecule has 1 amide bonds. The summed E-state index contributed by atoms with van der Waals surface area (Å²) in [6.07, 6.45) is 2.16. The topological polar surface area (TPSA) is 32.1 Å². The molecule has 0 fully saturated rings. The van der Waals surface area contributed by atoms with E-state index in [9.17, 15) is 4.79 Å². The van der Waals surface area contributed by atoms with Crippen molar-refractivity contribution < 1.29 is 9.37 Å². The Morgan fingerprint density at radius 1 is 1.44 bits per heavy atom. The summed E-state index contributed by atoms with van der Waals surface area (Å²) in [4.78, 5) is 11.1. The number of nitrogens with one attached hydrogen (secondary N) is 1. The number of carbonyl (C=O) groups is 1. The summed E-state index contributed by atoms with van der Waals surface area (Å²) < 4.78 is 2.30. The fraction of sp³-hybridized carbons (Fsp3) is 0.429. The molecule has 1 aliphatic rings. The van der Waals surface area contributed by atoms with Crippen LogP contribution in [0, 0.1) is 0 Å². The maximum atomic E-state index is 11.1. The molecule has 0 spiro atoms. The number of nitrogens with zero attached hydrogens (tertiary/aromatic N) is 1. The number of hydrogen-bond acceptors (Lipinski definition) is 2. The van der Waals surface area contributed by atoms with Gasteiger partial charge in [-0.2, -0.15) is 11.8 Å². The van der Waals surface area contributed by atoms with Crippen LogP contribution in [0.25, 0.3) is 0 Å². The van der Waals surface area contributed by atoms with Crippen LogP contribution in [0.3, 0.4) is 0 Å². The Labute approximate surface area is 112 Å². The van der Waals surface area contributed by atoms with Gasteiger partial charge in [0, 0.05) is 18.2 Å². The van der Waals surface area contributed by atoms with Gasteiger partial charge in [0.25, 0.3) is 0 Å². The standard InChI is InChI=1S/C14H18N2OS/c1-12(17)15-14-10-16(7-8-18-11-14)9-13-5-3-2-4-6-13/h2-6,10,14H,7-9,11H2,1H3/p+1. The van der Waals surface area contributed by atoms with Gasteiger partial charge in [0.2, 0.25) is 5.91 Å². The number of benzene rings is 1. The molecule has 2 rings (SSSR count). The van der Waals surface area contributed by atoms with Crippen molar-refractivity contribution in [3.8, 4) is 0 Å². The molecule has 0 saturated carbocycles. The summed E-state index contributed by atoms with van der Waals surface area (Å²) >= 11 is 1.89. The van der Waals surface area contributed by atoms with Crippen LogP contribution >= 0.6 is 11.8 Å². The highest BCUT2D eigenvalue weighted by atomic mass is 32.2. The molecule has 1 atom stereocenters. The molecular formula is C14H19N2OS+. The Morgan fingerprint density at radius 2 is 2.22 bits per heavy atom. The van der Waals surface area contributed by atoms with E-state index in [-0.39, 0.29) is 11.9 Å². The molecule has 0 radical (unpaired) electrons. The van der Waals surface area contributed by atoms with E-state index in [0.29, 0.717) is 0 Å². The predicted octanol–water partition coefficient (Wildman–Crippen LogP) is 1.52. The first-order valence-corrected chi connectivity index (χ1v) is 7.37. The van der Waals surface area contributed by atoms with Gasteiger partial charge >= 0.3 is 0 Å². The van der Waals surface area contributed by atoms with Crippen LogP contribution in [0.2, 0.25) is 0 Å². The van der Waals surface area contributed by atoms with Crippen molar-refractivity contribution in [3.63, 3.8) is 0 Å². The lowest BCUT2D eigenvalue weighted by Crippen LogP contribution is -2.38.